The minimum absolute atomic E-state index is 0.157. The SMILES string of the molecule is O=C(NCc1cn2ccccc2n1)c1ccccc1NS(=O)(=O)c1ccc(Br)s1. The van der Waals surface area contributed by atoms with Gasteiger partial charge in [-0.25, -0.2) is 13.4 Å². The van der Waals surface area contributed by atoms with Crippen molar-refractivity contribution in [2.75, 3.05) is 4.72 Å². The van der Waals surface area contributed by atoms with Gasteiger partial charge in [0, 0.05) is 12.4 Å². The van der Waals surface area contributed by atoms with Crippen LogP contribution in [0.2, 0.25) is 0 Å². The number of imidazole rings is 1. The van der Waals surface area contributed by atoms with Gasteiger partial charge in [0.1, 0.15) is 9.86 Å². The smallest absolute Gasteiger partial charge is 0.271 e. The zero-order valence-corrected chi connectivity index (χ0v) is 18.1. The molecule has 0 saturated carbocycles. The largest absolute Gasteiger partial charge is 0.346 e. The maximum Gasteiger partial charge on any atom is 0.271 e. The Morgan fingerprint density at radius 3 is 2.66 bits per heavy atom. The summed E-state index contributed by atoms with van der Waals surface area (Å²) in [6.07, 6.45) is 3.71. The summed E-state index contributed by atoms with van der Waals surface area (Å²) in [5.41, 5.74) is 1.93. The number of hydrogen-bond acceptors (Lipinski definition) is 5. The van der Waals surface area contributed by atoms with Gasteiger partial charge in [-0.1, -0.05) is 18.2 Å². The molecule has 148 valence electrons. The lowest BCUT2D eigenvalue weighted by Crippen LogP contribution is -2.25. The number of aromatic nitrogens is 2. The highest BCUT2D eigenvalue weighted by Gasteiger charge is 2.20. The van der Waals surface area contributed by atoms with Crippen LogP contribution in [0, 0.1) is 0 Å². The molecule has 3 heterocycles. The molecule has 0 unspecified atom stereocenters. The first-order chi connectivity index (χ1) is 13.9. The summed E-state index contributed by atoms with van der Waals surface area (Å²) in [4.78, 5) is 17.1. The summed E-state index contributed by atoms with van der Waals surface area (Å²) in [6.45, 7) is 0.222. The Morgan fingerprint density at radius 2 is 1.90 bits per heavy atom. The molecule has 4 aromatic rings. The molecule has 2 N–H and O–H groups in total. The Hall–Kier alpha value is -2.69. The predicted molar refractivity (Wildman–Crippen MR) is 116 cm³/mol. The van der Waals surface area contributed by atoms with E-state index >= 15 is 0 Å². The molecule has 0 atom stereocenters. The zero-order chi connectivity index (χ0) is 20.4. The van der Waals surface area contributed by atoms with E-state index in [-0.39, 0.29) is 22.0 Å². The molecule has 0 aliphatic carbocycles. The van der Waals surface area contributed by atoms with Crippen LogP contribution in [0.4, 0.5) is 5.69 Å². The van der Waals surface area contributed by atoms with Crippen LogP contribution in [0.25, 0.3) is 5.65 Å². The summed E-state index contributed by atoms with van der Waals surface area (Å²) in [6, 6.07) is 15.3. The van der Waals surface area contributed by atoms with Gasteiger partial charge >= 0.3 is 0 Å². The highest BCUT2D eigenvalue weighted by Crippen LogP contribution is 2.28. The standard InChI is InChI=1S/C19H15BrN4O3S2/c20-16-8-9-18(28-16)29(26,27)23-15-6-2-1-5-14(15)19(25)21-11-13-12-24-10-4-3-7-17(24)22-13/h1-10,12,23H,11H2,(H,21,25). The normalized spacial score (nSPS) is 11.5. The molecule has 0 aliphatic heterocycles. The van der Waals surface area contributed by atoms with Crippen molar-refractivity contribution >= 4 is 54.5 Å². The van der Waals surface area contributed by atoms with Crippen LogP contribution in [-0.2, 0) is 16.6 Å². The molecule has 7 nitrogen and oxygen atoms in total. The number of para-hydroxylation sites is 1. The number of thiophene rings is 1. The minimum Gasteiger partial charge on any atom is -0.346 e. The number of halogens is 1. The van der Waals surface area contributed by atoms with Crippen LogP contribution in [0.15, 0.2) is 75.0 Å². The Balaban J connectivity index is 1.52. The molecule has 10 heteroatoms. The first-order valence-electron chi connectivity index (χ1n) is 8.50. The van der Waals surface area contributed by atoms with Crippen LogP contribution in [0.5, 0.6) is 0 Å². The molecule has 0 saturated heterocycles. The highest BCUT2D eigenvalue weighted by atomic mass is 79.9. The monoisotopic (exact) mass is 490 g/mol. The topological polar surface area (TPSA) is 92.6 Å². The number of pyridine rings is 1. The van der Waals surface area contributed by atoms with E-state index in [1.165, 1.54) is 6.07 Å². The molecule has 1 amide bonds. The predicted octanol–water partition coefficient (Wildman–Crippen LogP) is 3.89. The zero-order valence-electron chi connectivity index (χ0n) is 14.9. The number of nitrogens with zero attached hydrogens (tertiary/aromatic N) is 2. The lowest BCUT2D eigenvalue weighted by molar-refractivity contribution is 0.0951. The second kappa shape index (κ2) is 7.97. The Bertz CT molecular complexity index is 1260. The van der Waals surface area contributed by atoms with Crippen molar-refractivity contribution in [2.24, 2.45) is 0 Å². The van der Waals surface area contributed by atoms with Crippen molar-refractivity contribution in [1.82, 2.24) is 14.7 Å². The molecule has 29 heavy (non-hydrogen) atoms. The third kappa shape index (κ3) is 4.34. The van der Waals surface area contributed by atoms with E-state index in [1.807, 2.05) is 35.0 Å². The van der Waals surface area contributed by atoms with Crippen LogP contribution in [0.1, 0.15) is 16.1 Å². The van der Waals surface area contributed by atoms with E-state index in [1.54, 1.807) is 30.3 Å². The Morgan fingerprint density at radius 1 is 1.10 bits per heavy atom. The number of hydrogen-bond donors (Lipinski definition) is 2. The van der Waals surface area contributed by atoms with Crippen LogP contribution < -0.4 is 10.0 Å². The first-order valence-corrected chi connectivity index (χ1v) is 11.6. The van der Waals surface area contributed by atoms with Crippen molar-refractivity contribution in [3.63, 3.8) is 0 Å². The second-order valence-electron chi connectivity index (χ2n) is 6.09. The van der Waals surface area contributed by atoms with Crippen molar-refractivity contribution in [2.45, 2.75) is 10.8 Å². The molecule has 1 aromatic carbocycles. The van der Waals surface area contributed by atoms with Crippen LogP contribution >= 0.6 is 27.3 Å². The van der Waals surface area contributed by atoms with Gasteiger partial charge in [-0.15, -0.1) is 11.3 Å². The summed E-state index contributed by atoms with van der Waals surface area (Å²) >= 11 is 4.35. The molecular formula is C19H15BrN4O3S2. The molecule has 3 aromatic heterocycles. The Kier molecular flexibility index (Phi) is 5.39. The van der Waals surface area contributed by atoms with Gasteiger partial charge in [-0.2, -0.15) is 0 Å². The van der Waals surface area contributed by atoms with E-state index in [2.05, 4.69) is 31.0 Å². The molecular weight excluding hydrogens is 476 g/mol. The maximum atomic E-state index is 12.7. The number of anilines is 1. The van der Waals surface area contributed by atoms with Crippen molar-refractivity contribution < 1.29 is 13.2 Å². The number of benzene rings is 1. The number of amides is 1. The van der Waals surface area contributed by atoms with Crippen molar-refractivity contribution in [3.05, 3.63) is 82.0 Å². The fourth-order valence-corrected chi connectivity index (χ4v) is 5.84. The second-order valence-corrected chi connectivity index (χ2v) is 10.5. The summed E-state index contributed by atoms with van der Waals surface area (Å²) in [5, 5.41) is 2.79. The van der Waals surface area contributed by atoms with Gasteiger partial charge in [-0.3, -0.25) is 9.52 Å². The number of carbonyl (C=O) groups excluding carboxylic acids is 1. The van der Waals surface area contributed by atoms with Crippen LogP contribution in [-0.4, -0.2) is 23.7 Å². The molecule has 0 fully saturated rings. The van der Waals surface area contributed by atoms with Gasteiger partial charge in [-0.05, 0) is 52.3 Å². The number of fused-ring (bicyclic) bond motifs is 1. The Labute approximate surface area is 179 Å². The molecule has 0 aliphatic rings. The average molecular weight is 491 g/mol. The summed E-state index contributed by atoms with van der Waals surface area (Å²) in [7, 11) is -3.79. The molecule has 4 rings (SSSR count). The fourth-order valence-electron chi connectivity index (χ4n) is 2.75. The lowest BCUT2D eigenvalue weighted by atomic mass is 10.1. The maximum absolute atomic E-state index is 12.7. The van der Waals surface area contributed by atoms with Gasteiger partial charge < -0.3 is 9.72 Å². The number of nitrogens with one attached hydrogen (secondary N) is 2. The lowest BCUT2D eigenvalue weighted by Gasteiger charge is -2.11. The van der Waals surface area contributed by atoms with Crippen molar-refractivity contribution in [3.8, 4) is 0 Å². The number of rotatable bonds is 6. The molecule has 0 radical (unpaired) electrons. The van der Waals surface area contributed by atoms with E-state index in [0.717, 1.165) is 17.0 Å². The van der Waals surface area contributed by atoms with E-state index in [4.69, 9.17) is 0 Å². The van der Waals surface area contributed by atoms with Crippen LogP contribution in [0.3, 0.4) is 0 Å². The van der Waals surface area contributed by atoms with Gasteiger partial charge in [0.25, 0.3) is 15.9 Å². The van der Waals surface area contributed by atoms with E-state index in [0.29, 0.717) is 9.48 Å². The quantitative estimate of drug-likeness (QED) is 0.428. The van der Waals surface area contributed by atoms with E-state index in [9.17, 15) is 13.2 Å². The number of carbonyl (C=O) groups is 1. The van der Waals surface area contributed by atoms with Crippen molar-refractivity contribution in [1.29, 1.82) is 0 Å². The van der Waals surface area contributed by atoms with Gasteiger partial charge in [0.05, 0.1) is 27.3 Å². The van der Waals surface area contributed by atoms with E-state index < -0.39 is 15.9 Å². The summed E-state index contributed by atoms with van der Waals surface area (Å²) < 4.78 is 30.4. The molecule has 0 spiro atoms. The van der Waals surface area contributed by atoms with Gasteiger partial charge in [0.2, 0.25) is 0 Å². The third-order valence-corrected chi connectivity index (χ3v) is 7.55. The third-order valence-electron chi connectivity index (χ3n) is 4.07. The minimum atomic E-state index is -3.79. The average Bonchev–Trinajstić information content (AvgIpc) is 3.32. The fraction of sp³-hybridized carbons (Fsp3) is 0.0526. The number of sulfonamides is 1. The molecule has 0 bridgehead atoms. The summed E-state index contributed by atoms with van der Waals surface area (Å²) in [5.74, 6) is -0.396. The first kappa shape index (κ1) is 19.6. The highest BCUT2D eigenvalue weighted by molar-refractivity contribution is 9.11. The van der Waals surface area contributed by atoms with Gasteiger partial charge in [0.15, 0.2) is 0 Å².